The van der Waals surface area contributed by atoms with Crippen LogP contribution < -0.4 is 21.5 Å². The molecule has 40 heavy (non-hydrogen) atoms. The first-order valence-electron chi connectivity index (χ1n) is 13.9. The van der Waals surface area contributed by atoms with Crippen LogP contribution in [0.4, 0.5) is 11.9 Å². The predicted octanol–water partition coefficient (Wildman–Crippen LogP) is 4.54. The summed E-state index contributed by atoms with van der Waals surface area (Å²) in [5.74, 6) is 1.26. The van der Waals surface area contributed by atoms with E-state index in [-0.39, 0.29) is 11.6 Å². The van der Waals surface area contributed by atoms with E-state index in [4.69, 9.17) is 15.7 Å². The van der Waals surface area contributed by atoms with Gasteiger partial charge in [0.05, 0.1) is 13.1 Å². The fourth-order valence-corrected chi connectivity index (χ4v) is 5.39. The van der Waals surface area contributed by atoms with E-state index in [1.165, 1.54) is 5.56 Å². The van der Waals surface area contributed by atoms with Crippen molar-refractivity contribution in [1.82, 2.24) is 19.1 Å². The molecule has 3 N–H and O–H groups in total. The molecular weight excluding hydrogens is 498 g/mol. The van der Waals surface area contributed by atoms with Crippen molar-refractivity contribution in [3.63, 3.8) is 0 Å². The Morgan fingerprint density at radius 1 is 0.850 bits per heavy atom. The molecule has 1 aliphatic heterocycles. The SMILES string of the molecule is Cc1ccc(Cn2c(NCc3ccccc3)nc3nc(N4CCCC(N)C4)n(Cc4ccccc4)c3c2=O)cc1. The fraction of sp³-hybridized carbons (Fsp3) is 0.281. The maximum atomic E-state index is 14.4. The zero-order chi connectivity index (χ0) is 27.5. The maximum Gasteiger partial charge on any atom is 0.281 e. The number of benzene rings is 3. The van der Waals surface area contributed by atoms with E-state index >= 15 is 0 Å². The Morgan fingerprint density at radius 2 is 1.50 bits per heavy atom. The van der Waals surface area contributed by atoms with Gasteiger partial charge in [-0.1, -0.05) is 90.5 Å². The number of anilines is 2. The average Bonchev–Trinajstić information content (AvgIpc) is 3.34. The molecule has 1 aliphatic rings. The Kier molecular flexibility index (Phi) is 7.33. The lowest BCUT2D eigenvalue weighted by molar-refractivity contribution is 0.495. The van der Waals surface area contributed by atoms with Crippen LogP contribution in [-0.2, 0) is 19.6 Å². The van der Waals surface area contributed by atoms with Crippen molar-refractivity contribution in [2.75, 3.05) is 23.3 Å². The molecule has 3 aromatic carbocycles. The molecule has 0 bridgehead atoms. The first-order valence-corrected chi connectivity index (χ1v) is 13.9. The lowest BCUT2D eigenvalue weighted by Crippen LogP contribution is -2.44. The third-order valence-electron chi connectivity index (χ3n) is 7.52. The Morgan fingerprint density at radius 3 is 2.20 bits per heavy atom. The van der Waals surface area contributed by atoms with E-state index < -0.39 is 0 Å². The number of nitrogens with zero attached hydrogens (tertiary/aromatic N) is 5. The third kappa shape index (κ3) is 5.49. The van der Waals surface area contributed by atoms with Crippen molar-refractivity contribution in [3.8, 4) is 0 Å². The van der Waals surface area contributed by atoms with Gasteiger partial charge in [0.15, 0.2) is 11.2 Å². The van der Waals surface area contributed by atoms with Crippen LogP contribution in [0.2, 0.25) is 0 Å². The molecule has 2 aromatic heterocycles. The largest absolute Gasteiger partial charge is 0.351 e. The molecule has 8 nitrogen and oxygen atoms in total. The minimum Gasteiger partial charge on any atom is -0.351 e. The molecule has 0 saturated carbocycles. The van der Waals surface area contributed by atoms with Crippen molar-refractivity contribution in [2.24, 2.45) is 5.73 Å². The van der Waals surface area contributed by atoms with Gasteiger partial charge in [-0.05, 0) is 36.5 Å². The van der Waals surface area contributed by atoms with Crippen LogP contribution in [0, 0.1) is 6.92 Å². The number of imidazole rings is 1. The summed E-state index contributed by atoms with van der Waals surface area (Å²) in [6.07, 6.45) is 1.98. The number of nitrogens with one attached hydrogen (secondary N) is 1. The summed E-state index contributed by atoms with van der Waals surface area (Å²) in [6, 6.07) is 28.7. The fourth-order valence-electron chi connectivity index (χ4n) is 5.39. The van der Waals surface area contributed by atoms with Crippen molar-refractivity contribution in [3.05, 3.63) is 118 Å². The summed E-state index contributed by atoms with van der Waals surface area (Å²) in [6.45, 7) is 5.09. The zero-order valence-electron chi connectivity index (χ0n) is 22.8. The molecule has 6 rings (SSSR count). The molecule has 1 fully saturated rings. The van der Waals surface area contributed by atoms with Gasteiger partial charge in [0.2, 0.25) is 11.9 Å². The highest BCUT2D eigenvalue weighted by atomic mass is 16.1. The van der Waals surface area contributed by atoms with Crippen LogP contribution in [0.25, 0.3) is 11.2 Å². The number of fused-ring (bicyclic) bond motifs is 1. The smallest absolute Gasteiger partial charge is 0.281 e. The highest BCUT2D eigenvalue weighted by Gasteiger charge is 2.26. The standard InChI is InChI=1S/C32H35N7O/c1-23-14-16-26(17-15-23)21-39-30(40)28-29(35-31(39)34-19-24-9-4-2-5-10-24)36-32(37-18-8-13-27(33)22-37)38(28)20-25-11-6-3-7-12-25/h2-7,9-12,14-17,27H,8,13,18-22,33H2,1H3,(H,34,35). The predicted molar refractivity (Wildman–Crippen MR) is 161 cm³/mol. The van der Waals surface area contributed by atoms with Gasteiger partial charge in [-0.25, -0.2) is 0 Å². The first-order chi connectivity index (χ1) is 19.5. The highest BCUT2D eigenvalue weighted by molar-refractivity contribution is 5.76. The Hall–Kier alpha value is -4.43. The van der Waals surface area contributed by atoms with Gasteiger partial charge in [0.25, 0.3) is 5.56 Å². The molecule has 8 heteroatoms. The molecule has 0 amide bonds. The minimum atomic E-state index is -0.114. The summed E-state index contributed by atoms with van der Waals surface area (Å²) in [4.78, 5) is 26.5. The van der Waals surface area contributed by atoms with Crippen molar-refractivity contribution in [1.29, 1.82) is 0 Å². The quantitative estimate of drug-likeness (QED) is 0.304. The second-order valence-corrected chi connectivity index (χ2v) is 10.7. The Labute approximate surface area is 234 Å². The molecule has 1 saturated heterocycles. The van der Waals surface area contributed by atoms with E-state index in [0.29, 0.717) is 43.3 Å². The number of rotatable bonds is 8. The summed E-state index contributed by atoms with van der Waals surface area (Å²) in [7, 11) is 0. The maximum absolute atomic E-state index is 14.4. The molecule has 5 aromatic rings. The van der Waals surface area contributed by atoms with Gasteiger partial charge < -0.3 is 16.0 Å². The second-order valence-electron chi connectivity index (χ2n) is 10.7. The van der Waals surface area contributed by atoms with Crippen LogP contribution in [0.5, 0.6) is 0 Å². The lowest BCUT2D eigenvalue weighted by atomic mass is 10.1. The molecule has 0 radical (unpaired) electrons. The van der Waals surface area contributed by atoms with Gasteiger partial charge in [-0.2, -0.15) is 9.97 Å². The van der Waals surface area contributed by atoms with Gasteiger partial charge in [-0.15, -0.1) is 0 Å². The summed E-state index contributed by atoms with van der Waals surface area (Å²) >= 11 is 0. The number of piperidine rings is 1. The van der Waals surface area contributed by atoms with E-state index in [1.54, 1.807) is 4.57 Å². The molecule has 1 unspecified atom stereocenters. The monoisotopic (exact) mass is 533 g/mol. The van der Waals surface area contributed by atoms with Gasteiger partial charge in [-0.3, -0.25) is 13.9 Å². The van der Waals surface area contributed by atoms with Crippen LogP contribution in [0.3, 0.4) is 0 Å². The molecule has 0 aliphatic carbocycles. The highest BCUT2D eigenvalue weighted by Crippen LogP contribution is 2.25. The minimum absolute atomic E-state index is 0.0768. The van der Waals surface area contributed by atoms with Crippen LogP contribution in [-0.4, -0.2) is 38.2 Å². The first kappa shape index (κ1) is 25.8. The van der Waals surface area contributed by atoms with Crippen LogP contribution in [0.1, 0.15) is 35.1 Å². The number of hydrogen-bond donors (Lipinski definition) is 2. The number of hydrogen-bond acceptors (Lipinski definition) is 6. The van der Waals surface area contributed by atoms with Crippen LogP contribution in [0.15, 0.2) is 89.7 Å². The van der Waals surface area contributed by atoms with Gasteiger partial charge in [0, 0.05) is 25.7 Å². The van der Waals surface area contributed by atoms with Crippen LogP contribution >= 0.6 is 0 Å². The van der Waals surface area contributed by atoms with E-state index in [0.717, 1.165) is 42.0 Å². The number of aromatic nitrogens is 4. The van der Waals surface area contributed by atoms with Crippen molar-refractivity contribution >= 4 is 23.1 Å². The van der Waals surface area contributed by atoms with Gasteiger partial charge >= 0.3 is 0 Å². The molecule has 3 heterocycles. The molecule has 0 spiro atoms. The average molecular weight is 534 g/mol. The number of nitrogens with two attached hydrogens (primary N) is 1. The summed E-state index contributed by atoms with van der Waals surface area (Å²) in [5, 5.41) is 3.43. The summed E-state index contributed by atoms with van der Waals surface area (Å²) in [5.41, 5.74) is 11.6. The van der Waals surface area contributed by atoms with E-state index in [1.807, 2.05) is 41.0 Å². The Bertz CT molecular complexity index is 1640. The van der Waals surface area contributed by atoms with Crippen molar-refractivity contribution < 1.29 is 0 Å². The number of aryl methyl sites for hydroxylation is 1. The van der Waals surface area contributed by atoms with Gasteiger partial charge in [0.1, 0.15) is 0 Å². The molecule has 1 atom stereocenters. The Balaban J connectivity index is 1.50. The van der Waals surface area contributed by atoms with E-state index in [9.17, 15) is 4.79 Å². The normalized spacial score (nSPS) is 15.4. The summed E-state index contributed by atoms with van der Waals surface area (Å²) < 4.78 is 3.77. The van der Waals surface area contributed by atoms with Crippen molar-refractivity contribution in [2.45, 2.75) is 45.4 Å². The second kappa shape index (κ2) is 11.4. The lowest BCUT2D eigenvalue weighted by Gasteiger charge is -2.31. The topological polar surface area (TPSA) is 94.0 Å². The molecular formula is C32H35N7O. The molecule has 204 valence electrons. The zero-order valence-corrected chi connectivity index (χ0v) is 22.8. The van der Waals surface area contributed by atoms with E-state index in [2.05, 4.69) is 65.7 Å². The third-order valence-corrected chi connectivity index (χ3v) is 7.52.